The molecule has 6 heteroatoms. The fourth-order valence-corrected chi connectivity index (χ4v) is 3.31. The SMILES string of the molecule is C/C(=C\c1ccc(O)c(Br)c1)C(=O)Nc1nc(-c2ccccc2)cs1. The predicted octanol–water partition coefficient (Wildman–Crippen LogP) is 5.32. The van der Waals surface area contributed by atoms with E-state index in [9.17, 15) is 9.90 Å². The Bertz CT molecular complexity index is 936. The molecule has 0 aliphatic carbocycles. The normalized spacial score (nSPS) is 11.4. The summed E-state index contributed by atoms with van der Waals surface area (Å²) in [5.41, 5.74) is 3.22. The maximum absolute atomic E-state index is 12.3. The van der Waals surface area contributed by atoms with Crippen molar-refractivity contribution in [2.75, 3.05) is 5.32 Å². The molecule has 0 saturated heterocycles. The molecule has 3 aromatic rings. The van der Waals surface area contributed by atoms with Crippen molar-refractivity contribution < 1.29 is 9.90 Å². The Morgan fingerprint density at radius 2 is 2.00 bits per heavy atom. The number of nitrogens with zero attached hydrogens (tertiary/aromatic N) is 1. The number of nitrogens with one attached hydrogen (secondary N) is 1. The van der Waals surface area contributed by atoms with Crippen LogP contribution < -0.4 is 5.32 Å². The minimum Gasteiger partial charge on any atom is -0.507 e. The molecule has 25 heavy (non-hydrogen) atoms. The summed E-state index contributed by atoms with van der Waals surface area (Å²) in [5, 5.41) is 14.8. The first-order valence-electron chi connectivity index (χ1n) is 7.52. The highest BCUT2D eigenvalue weighted by Gasteiger charge is 2.10. The van der Waals surface area contributed by atoms with Crippen LogP contribution in [0.25, 0.3) is 17.3 Å². The third-order valence-electron chi connectivity index (χ3n) is 3.51. The van der Waals surface area contributed by atoms with Gasteiger partial charge in [-0.05, 0) is 46.6 Å². The van der Waals surface area contributed by atoms with E-state index in [1.165, 1.54) is 11.3 Å². The van der Waals surface area contributed by atoms with Crippen molar-refractivity contribution in [3.8, 4) is 17.0 Å². The number of rotatable bonds is 4. The van der Waals surface area contributed by atoms with Gasteiger partial charge in [0.2, 0.25) is 0 Å². The molecule has 0 fully saturated rings. The molecule has 2 aromatic carbocycles. The molecular weight excluding hydrogens is 400 g/mol. The first kappa shape index (κ1) is 17.4. The van der Waals surface area contributed by atoms with E-state index in [2.05, 4.69) is 26.2 Å². The molecule has 0 bridgehead atoms. The average molecular weight is 415 g/mol. The zero-order valence-corrected chi connectivity index (χ0v) is 15.8. The van der Waals surface area contributed by atoms with Gasteiger partial charge in [-0.2, -0.15) is 0 Å². The van der Waals surface area contributed by atoms with Crippen molar-refractivity contribution in [3.05, 3.63) is 69.5 Å². The van der Waals surface area contributed by atoms with E-state index in [0.29, 0.717) is 15.2 Å². The molecule has 1 heterocycles. The van der Waals surface area contributed by atoms with Gasteiger partial charge in [-0.3, -0.25) is 10.1 Å². The van der Waals surface area contributed by atoms with Crippen LogP contribution in [0.1, 0.15) is 12.5 Å². The molecule has 126 valence electrons. The molecule has 0 radical (unpaired) electrons. The van der Waals surface area contributed by atoms with E-state index < -0.39 is 0 Å². The molecule has 0 saturated carbocycles. The van der Waals surface area contributed by atoms with Crippen LogP contribution in [0.5, 0.6) is 5.75 Å². The number of hydrogen-bond acceptors (Lipinski definition) is 4. The lowest BCUT2D eigenvalue weighted by Gasteiger charge is -2.03. The fraction of sp³-hybridized carbons (Fsp3) is 0.0526. The van der Waals surface area contributed by atoms with Gasteiger partial charge < -0.3 is 5.11 Å². The molecule has 1 amide bonds. The number of carbonyl (C=O) groups excluding carboxylic acids is 1. The van der Waals surface area contributed by atoms with Crippen molar-refractivity contribution in [1.82, 2.24) is 4.98 Å². The smallest absolute Gasteiger partial charge is 0.253 e. The summed E-state index contributed by atoms with van der Waals surface area (Å²) in [6.45, 7) is 1.74. The van der Waals surface area contributed by atoms with E-state index in [1.807, 2.05) is 35.7 Å². The number of hydrogen-bond donors (Lipinski definition) is 2. The molecule has 0 spiro atoms. The van der Waals surface area contributed by atoms with Gasteiger partial charge in [0, 0.05) is 16.5 Å². The summed E-state index contributed by atoms with van der Waals surface area (Å²) in [7, 11) is 0. The summed E-state index contributed by atoms with van der Waals surface area (Å²) in [4.78, 5) is 16.8. The van der Waals surface area contributed by atoms with Crippen LogP contribution in [0.3, 0.4) is 0 Å². The highest BCUT2D eigenvalue weighted by Crippen LogP contribution is 2.26. The maximum Gasteiger partial charge on any atom is 0.253 e. The second-order valence-corrected chi connectivity index (χ2v) is 7.11. The molecule has 0 aliphatic rings. The average Bonchev–Trinajstić information content (AvgIpc) is 3.07. The number of amides is 1. The van der Waals surface area contributed by atoms with Crippen LogP contribution in [0.4, 0.5) is 5.13 Å². The Morgan fingerprint density at radius 3 is 2.72 bits per heavy atom. The first-order valence-corrected chi connectivity index (χ1v) is 9.19. The van der Waals surface area contributed by atoms with E-state index in [0.717, 1.165) is 16.8 Å². The number of benzene rings is 2. The largest absolute Gasteiger partial charge is 0.507 e. The van der Waals surface area contributed by atoms with E-state index in [-0.39, 0.29) is 11.7 Å². The van der Waals surface area contributed by atoms with Crippen LogP contribution in [-0.2, 0) is 4.79 Å². The Kier molecular flexibility index (Phi) is 5.31. The molecule has 0 atom stereocenters. The van der Waals surface area contributed by atoms with Crippen molar-refractivity contribution in [1.29, 1.82) is 0 Å². The molecule has 3 rings (SSSR count). The molecule has 4 nitrogen and oxygen atoms in total. The van der Waals surface area contributed by atoms with Crippen LogP contribution in [0, 0.1) is 0 Å². The molecule has 1 aromatic heterocycles. The minimum absolute atomic E-state index is 0.162. The topological polar surface area (TPSA) is 62.2 Å². The molecule has 0 aliphatic heterocycles. The summed E-state index contributed by atoms with van der Waals surface area (Å²) >= 11 is 4.65. The number of halogens is 1. The number of phenolic OH excluding ortho intramolecular Hbond substituents is 1. The quantitative estimate of drug-likeness (QED) is 0.567. The minimum atomic E-state index is -0.210. The lowest BCUT2D eigenvalue weighted by molar-refractivity contribution is -0.112. The summed E-state index contributed by atoms with van der Waals surface area (Å²) in [5.74, 6) is -0.0476. The standard InChI is InChI=1S/C19H15BrN2O2S/c1-12(9-13-7-8-17(23)15(20)10-13)18(24)22-19-21-16(11-25-19)14-5-3-2-4-6-14/h2-11,23H,1H3,(H,21,22,24)/b12-9+. The first-order chi connectivity index (χ1) is 12.0. The third-order valence-corrected chi connectivity index (χ3v) is 4.90. The zero-order chi connectivity index (χ0) is 17.8. The van der Waals surface area contributed by atoms with Gasteiger partial charge in [0.1, 0.15) is 5.75 Å². The predicted molar refractivity (Wildman–Crippen MR) is 106 cm³/mol. The summed E-state index contributed by atoms with van der Waals surface area (Å²) in [6, 6.07) is 14.9. The second kappa shape index (κ2) is 7.63. The maximum atomic E-state index is 12.3. The lowest BCUT2D eigenvalue weighted by atomic mass is 10.1. The van der Waals surface area contributed by atoms with E-state index in [1.54, 1.807) is 31.2 Å². The van der Waals surface area contributed by atoms with Gasteiger partial charge in [-0.25, -0.2) is 4.98 Å². The number of anilines is 1. The monoisotopic (exact) mass is 414 g/mol. The van der Waals surface area contributed by atoms with E-state index in [4.69, 9.17) is 0 Å². The Labute approximate surface area is 158 Å². The Morgan fingerprint density at radius 1 is 1.24 bits per heavy atom. The molecule has 2 N–H and O–H groups in total. The van der Waals surface area contributed by atoms with E-state index >= 15 is 0 Å². The Hall–Kier alpha value is -2.44. The zero-order valence-electron chi connectivity index (χ0n) is 13.4. The highest BCUT2D eigenvalue weighted by atomic mass is 79.9. The van der Waals surface area contributed by atoms with Gasteiger partial charge in [-0.1, -0.05) is 36.4 Å². The van der Waals surface area contributed by atoms with Gasteiger partial charge in [0.05, 0.1) is 10.2 Å². The van der Waals surface area contributed by atoms with Crippen molar-refractivity contribution in [2.24, 2.45) is 0 Å². The van der Waals surface area contributed by atoms with Crippen LogP contribution >= 0.6 is 27.3 Å². The lowest BCUT2D eigenvalue weighted by Crippen LogP contribution is -2.12. The van der Waals surface area contributed by atoms with Crippen molar-refractivity contribution in [2.45, 2.75) is 6.92 Å². The number of aromatic nitrogens is 1. The molecular formula is C19H15BrN2O2S. The Balaban J connectivity index is 1.72. The number of thiazole rings is 1. The van der Waals surface area contributed by atoms with Crippen molar-refractivity contribution >= 4 is 44.4 Å². The van der Waals surface area contributed by atoms with Gasteiger partial charge in [0.25, 0.3) is 5.91 Å². The van der Waals surface area contributed by atoms with Crippen LogP contribution in [0.2, 0.25) is 0 Å². The van der Waals surface area contributed by atoms with Crippen molar-refractivity contribution in [3.63, 3.8) is 0 Å². The van der Waals surface area contributed by atoms with Gasteiger partial charge in [0.15, 0.2) is 5.13 Å². The third kappa shape index (κ3) is 4.35. The number of aromatic hydroxyl groups is 1. The highest BCUT2D eigenvalue weighted by molar-refractivity contribution is 9.10. The van der Waals surface area contributed by atoms with Crippen LogP contribution in [-0.4, -0.2) is 16.0 Å². The van der Waals surface area contributed by atoms with Gasteiger partial charge >= 0.3 is 0 Å². The molecule has 0 unspecified atom stereocenters. The summed E-state index contributed by atoms with van der Waals surface area (Å²) in [6.07, 6.45) is 1.76. The van der Waals surface area contributed by atoms with Crippen LogP contribution in [0.15, 0.2) is 64.0 Å². The fourth-order valence-electron chi connectivity index (χ4n) is 2.20. The second-order valence-electron chi connectivity index (χ2n) is 5.40. The number of phenols is 1. The summed E-state index contributed by atoms with van der Waals surface area (Å²) < 4.78 is 0.585. The number of carbonyl (C=O) groups is 1. The van der Waals surface area contributed by atoms with Gasteiger partial charge in [-0.15, -0.1) is 11.3 Å².